The highest BCUT2D eigenvalue weighted by molar-refractivity contribution is 7.82. The van der Waals surface area contributed by atoms with Crippen molar-refractivity contribution in [3.63, 3.8) is 0 Å². The summed E-state index contributed by atoms with van der Waals surface area (Å²) in [7, 11) is -1.46. The molecule has 0 aliphatic carbocycles. The number of rotatable bonds is 9. The molecule has 2 atom stereocenters. The summed E-state index contributed by atoms with van der Waals surface area (Å²) >= 11 is 1.37. The van der Waals surface area contributed by atoms with Gasteiger partial charge in [-0.25, -0.2) is 9.19 Å². The average molecular weight is 398 g/mol. The molecular weight excluding hydrogens is 374 g/mol. The Bertz CT molecular complexity index is 752. The summed E-state index contributed by atoms with van der Waals surface area (Å²) in [5.41, 5.74) is 1.32. The lowest BCUT2D eigenvalue weighted by atomic mass is 10.2. The zero-order valence-electron chi connectivity index (χ0n) is 14.7. The van der Waals surface area contributed by atoms with Crippen molar-refractivity contribution in [3.8, 4) is 0 Å². The van der Waals surface area contributed by atoms with Gasteiger partial charge in [0.25, 0.3) is 5.91 Å². The average Bonchev–Trinajstić information content (AvgIpc) is 3.00. The minimum Gasteiger partial charge on any atom is -0.394 e. The molecule has 0 radical (unpaired) electrons. The van der Waals surface area contributed by atoms with Gasteiger partial charge in [-0.15, -0.1) is 11.3 Å². The molecule has 2 unspecified atom stereocenters. The highest BCUT2D eigenvalue weighted by Gasteiger charge is 2.20. The van der Waals surface area contributed by atoms with Crippen LogP contribution in [-0.4, -0.2) is 50.8 Å². The second kappa shape index (κ2) is 9.77. The van der Waals surface area contributed by atoms with Gasteiger partial charge < -0.3 is 15.1 Å². The zero-order chi connectivity index (χ0) is 19.1. The van der Waals surface area contributed by atoms with E-state index in [1.54, 1.807) is 6.92 Å². The maximum Gasteiger partial charge on any atom is 0.282 e. The molecular formula is C17H23N3O4S2. The van der Waals surface area contributed by atoms with E-state index in [0.29, 0.717) is 24.6 Å². The van der Waals surface area contributed by atoms with Crippen molar-refractivity contribution < 1.29 is 19.2 Å². The van der Waals surface area contributed by atoms with Gasteiger partial charge >= 0.3 is 0 Å². The number of thiazole rings is 1. The fraction of sp³-hybridized carbons (Fsp3) is 0.412. The zero-order valence-corrected chi connectivity index (χ0v) is 16.3. The van der Waals surface area contributed by atoms with E-state index in [9.17, 15) is 14.1 Å². The molecule has 142 valence electrons. The predicted octanol–water partition coefficient (Wildman–Crippen LogP) is 1.22. The molecule has 0 saturated carbocycles. The normalized spacial score (nSPS) is 13.2. The molecule has 26 heavy (non-hydrogen) atoms. The van der Waals surface area contributed by atoms with E-state index in [2.05, 4.69) is 9.71 Å². The predicted molar refractivity (Wildman–Crippen MR) is 104 cm³/mol. The minimum atomic E-state index is -1.46. The first-order valence-electron chi connectivity index (χ1n) is 8.10. The van der Waals surface area contributed by atoms with Gasteiger partial charge in [0.2, 0.25) is 0 Å². The van der Waals surface area contributed by atoms with Crippen molar-refractivity contribution in [2.45, 2.75) is 26.0 Å². The van der Waals surface area contributed by atoms with Gasteiger partial charge in [0, 0.05) is 24.2 Å². The fourth-order valence-electron chi connectivity index (χ4n) is 2.35. The quantitative estimate of drug-likeness (QED) is 0.588. The molecule has 0 aliphatic rings. The number of aliphatic hydroxyl groups is 2. The molecule has 3 N–H and O–H groups in total. The molecule has 1 aromatic heterocycles. The largest absolute Gasteiger partial charge is 0.394 e. The topological polar surface area (TPSA) is 103 Å². The number of carbonyl (C=O) groups is 1. The number of aryl methyl sites for hydroxylation is 1. The highest BCUT2D eigenvalue weighted by atomic mass is 32.2. The van der Waals surface area contributed by atoms with Gasteiger partial charge in [-0.05, 0) is 18.9 Å². The van der Waals surface area contributed by atoms with Crippen LogP contribution < -0.4 is 9.62 Å². The molecule has 2 rings (SSSR count). The van der Waals surface area contributed by atoms with Crippen molar-refractivity contribution in [3.05, 3.63) is 46.5 Å². The first-order chi connectivity index (χ1) is 12.4. The second-order valence-electron chi connectivity index (χ2n) is 5.82. The monoisotopic (exact) mass is 397 g/mol. The summed E-state index contributed by atoms with van der Waals surface area (Å²) < 4.78 is 13.6. The lowest BCUT2D eigenvalue weighted by Gasteiger charge is -2.23. The second-order valence-corrected chi connectivity index (χ2v) is 8.11. The van der Waals surface area contributed by atoms with E-state index in [1.165, 1.54) is 17.6 Å². The number of amides is 1. The van der Waals surface area contributed by atoms with E-state index in [0.717, 1.165) is 10.4 Å². The number of benzene rings is 1. The summed E-state index contributed by atoms with van der Waals surface area (Å²) in [5, 5.41) is 19.4. The van der Waals surface area contributed by atoms with Crippen LogP contribution in [0.15, 0.2) is 30.3 Å². The van der Waals surface area contributed by atoms with Crippen molar-refractivity contribution in [2.75, 3.05) is 24.3 Å². The van der Waals surface area contributed by atoms with Gasteiger partial charge in [-0.3, -0.25) is 9.52 Å². The molecule has 2 aromatic rings. The summed E-state index contributed by atoms with van der Waals surface area (Å²) in [5.74, 6) is -0.471. The van der Waals surface area contributed by atoms with Crippen molar-refractivity contribution in [1.29, 1.82) is 0 Å². The fourth-order valence-corrected chi connectivity index (χ4v) is 3.64. The molecule has 0 saturated heterocycles. The number of hydrogen-bond donors (Lipinski definition) is 3. The summed E-state index contributed by atoms with van der Waals surface area (Å²) in [6.45, 7) is 2.53. The summed E-state index contributed by atoms with van der Waals surface area (Å²) in [6.07, 6.45) is 0.959. The third-order valence-corrected chi connectivity index (χ3v) is 5.17. The van der Waals surface area contributed by atoms with Crippen molar-refractivity contribution >= 4 is 33.4 Å². The number of aliphatic hydroxyl groups excluding tert-OH is 2. The lowest BCUT2D eigenvalue weighted by Crippen LogP contribution is -2.28. The standard InChI is InChI=1S/C17H23N3O4S2/c1-12-15(16(23)19-26(2)24)18-17(25-12)20(9-8-14(22)11-21)10-13-6-4-3-5-7-13/h3-7,14,21-22H,8-11H2,1-2H3,(H,19,23). The molecule has 7 nitrogen and oxygen atoms in total. The van der Waals surface area contributed by atoms with Gasteiger partial charge in [0.15, 0.2) is 5.13 Å². The molecule has 0 bridgehead atoms. The Morgan fingerprint density at radius 2 is 2.08 bits per heavy atom. The van der Waals surface area contributed by atoms with Crippen LogP contribution >= 0.6 is 11.3 Å². The van der Waals surface area contributed by atoms with E-state index in [1.807, 2.05) is 35.2 Å². The molecule has 1 aromatic carbocycles. The van der Waals surface area contributed by atoms with E-state index < -0.39 is 23.0 Å². The van der Waals surface area contributed by atoms with Crippen LogP contribution in [0.25, 0.3) is 0 Å². The van der Waals surface area contributed by atoms with Crippen LogP contribution in [0, 0.1) is 6.92 Å². The molecule has 1 amide bonds. The number of nitrogens with one attached hydrogen (secondary N) is 1. The van der Waals surface area contributed by atoms with Gasteiger partial charge in [0.1, 0.15) is 16.7 Å². The number of carbonyl (C=O) groups excluding carboxylic acids is 1. The molecule has 0 fully saturated rings. The van der Waals surface area contributed by atoms with Crippen molar-refractivity contribution in [2.24, 2.45) is 0 Å². The number of hydrogen-bond acceptors (Lipinski definition) is 7. The Balaban J connectivity index is 2.23. The number of anilines is 1. The molecule has 0 aliphatic heterocycles. The van der Waals surface area contributed by atoms with E-state index >= 15 is 0 Å². The summed E-state index contributed by atoms with van der Waals surface area (Å²) in [6, 6.07) is 9.80. The Labute approximate surface area is 159 Å². The van der Waals surface area contributed by atoms with Crippen LogP contribution in [0.4, 0.5) is 5.13 Å². The summed E-state index contributed by atoms with van der Waals surface area (Å²) in [4.78, 5) is 19.2. The van der Waals surface area contributed by atoms with Gasteiger partial charge in [0.05, 0.1) is 12.7 Å². The number of aromatic nitrogens is 1. The Hall–Kier alpha value is -1.81. The van der Waals surface area contributed by atoms with Crippen LogP contribution in [0.3, 0.4) is 0 Å². The Morgan fingerprint density at radius 1 is 1.38 bits per heavy atom. The first kappa shape index (κ1) is 20.5. The van der Waals surface area contributed by atoms with E-state index in [4.69, 9.17) is 5.11 Å². The molecule has 1 heterocycles. The lowest BCUT2D eigenvalue weighted by molar-refractivity contribution is 0.0897. The number of nitrogens with zero attached hydrogens (tertiary/aromatic N) is 2. The van der Waals surface area contributed by atoms with Crippen LogP contribution in [0.1, 0.15) is 27.3 Å². The van der Waals surface area contributed by atoms with E-state index in [-0.39, 0.29) is 12.3 Å². The first-order valence-corrected chi connectivity index (χ1v) is 10.5. The highest BCUT2D eigenvalue weighted by Crippen LogP contribution is 2.27. The van der Waals surface area contributed by atoms with Crippen LogP contribution in [0.5, 0.6) is 0 Å². The molecule has 0 spiro atoms. The van der Waals surface area contributed by atoms with Gasteiger partial charge in [-0.2, -0.15) is 0 Å². The van der Waals surface area contributed by atoms with Gasteiger partial charge in [-0.1, -0.05) is 30.3 Å². The maximum absolute atomic E-state index is 12.1. The molecule has 9 heteroatoms. The van der Waals surface area contributed by atoms with Crippen molar-refractivity contribution in [1.82, 2.24) is 9.71 Å². The minimum absolute atomic E-state index is 0.251. The maximum atomic E-state index is 12.1. The van der Waals surface area contributed by atoms with Crippen LogP contribution in [0.2, 0.25) is 0 Å². The Morgan fingerprint density at radius 3 is 2.69 bits per heavy atom. The SMILES string of the molecule is Cc1sc(N(CCC(O)CO)Cc2ccccc2)nc1C(=O)NS(C)=O. The Kier molecular flexibility index (Phi) is 7.70. The third-order valence-electron chi connectivity index (χ3n) is 3.67. The third kappa shape index (κ3) is 5.87. The van der Waals surface area contributed by atoms with Crippen LogP contribution in [-0.2, 0) is 17.5 Å². The smallest absolute Gasteiger partial charge is 0.282 e.